The molecule has 2 heterocycles. The summed E-state index contributed by atoms with van der Waals surface area (Å²) in [6.45, 7) is 6.64. The van der Waals surface area contributed by atoms with Crippen molar-refractivity contribution in [1.82, 2.24) is 30.7 Å². The summed E-state index contributed by atoms with van der Waals surface area (Å²) in [7, 11) is 3.85. The van der Waals surface area contributed by atoms with Crippen LogP contribution in [-0.2, 0) is 49.3 Å². The Balaban J connectivity index is 1.40. The van der Waals surface area contributed by atoms with E-state index in [0.29, 0.717) is 31.1 Å². The quantitative estimate of drug-likeness (QED) is 0.0796. The van der Waals surface area contributed by atoms with Crippen molar-refractivity contribution in [3.05, 3.63) is 78.0 Å². The number of primary amides is 1. The first-order valence-corrected chi connectivity index (χ1v) is 22.6. The lowest BCUT2D eigenvalue weighted by Gasteiger charge is -2.48. The Morgan fingerprint density at radius 2 is 1.57 bits per heavy atom. The van der Waals surface area contributed by atoms with Crippen molar-refractivity contribution in [3.8, 4) is 0 Å². The summed E-state index contributed by atoms with van der Waals surface area (Å²) < 4.78 is 22.3. The van der Waals surface area contributed by atoms with E-state index < -0.39 is 79.1 Å². The molecule has 0 unspecified atom stereocenters. The van der Waals surface area contributed by atoms with Gasteiger partial charge < -0.3 is 45.5 Å². The number of pyridine rings is 1. The number of likely N-dealkylation sites (tertiary alicyclic amines) is 1. The maximum Gasteiger partial charge on any atom is 0.332 e. The normalized spacial score (nSPS) is 19.0. The molecule has 6 atom stereocenters. The lowest BCUT2D eigenvalue weighted by Crippen LogP contribution is -2.63. The van der Waals surface area contributed by atoms with Crippen molar-refractivity contribution in [1.29, 1.82) is 0 Å². The molecule has 17 heteroatoms. The molecule has 1 aromatic heterocycles. The zero-order valence-electron chi connectivity index (χ0n) is 38.4. The first-order chi connectivity index (χ1) is 31.1. The third-order valence-corrected chi connectivity index (χ3v) is 11.6. The first-order valence-electron chi connectivity index (χ1n) is 22.6. The maximum atomic E-state index is 14.4. The SMILES string of the molecule is CN(C)CCOCCOC(=O)COCC(=O)O[C@H](CN1CC[C@H]2CCCC[C@H]2[C@H]1C(=O)NC(C)(C)C)[C@H](Cc1ccccc1)NC(=O)[C@H](CC(N)=O)NC(=O)c1ccc2ccccc2n1. The molecule has 5 rings (SSSR count). The second-order valence-electron chi connectivity index (χ2n) is 18.2. The molecule has 2 fully saturated rings. The van der Waals surface area contributed by atoms with Crippen molar-refractivity contribution < 1.29 is 47.7 Å². The Morgan fingerprint density at radius 3 is 2.31 bits per heavy atom. The van der Waals surface area contributed by atoms with Gasteiger partial charge in [-0.15, -0.1) is 0 Å². The fourth-order valence-electron chi connectivity index (χ4n) is 8.53. The van der Waals surface area contributed by atoms with E-state index in [1.807, 2.05) is 87.1 Å². The van der Waals surface area contributed by atoms with E-state index in [1.54, 1.807) is 18.2 Å². The van der Waals surface area contributed by atoms with Gasteiger partial charge in [-0.05, 0) is 90.2 Å². The van der Waals surface area contributed by atoms with E-state index in [1.165, 1.54) is 6.07 Å². The molecule has 1 saturated heterocycles. The number of nitrogens with two attached hydrogens (primary N) is 1. The number of carbonyl (C=O) groups excluding carboxylic acids is 6. The molecule has 4 amide bonds. The summed E-state index contributed by atoms with van der Waals surface area (Å²) in [5.74, 6) is -3.52. The number of rotatable bonds is 23. The molecule has 0 spiro atoms. The van der Waals surface area contributed by atoms with E-state index in [2.05, 4.69) is 20.9 Å². The Morgan fingerprint density at radius 1 is 0.846 bits per heavy atom. The summed E-state index contributed by atoms with van der Waals surface area (Å²) in [6, 6.07) is 16.8. The van der Waals surface area contributed by atoms with Gasteiger partial charge in [0, 0.05) is 24.0 Å². The molecular formula is C48H67N7O10. The molecule has 1 aliphatic carbocycles. The zero-order chi connectivity index (χ0) is 46.9. The Labute approximate surface area is 381 Å². The number of benzene rings is 2. The minimum Gasteiger partial charge on any atom is -0.462 e. The number of nitrogens with zero attached hydrogens (tertiary/aromatic N) is 3. The first kappa shape index (κ1) is 50.5. The fourth-order valence-corrected chi connectivity index (χ4v) is 8.53. The molecule has 354 valence electrons. The number of carbonyl (C=O) groups is 6. The number of amides is 4. The van der Waals surface area contributed by atoms with Crippen molar-refractivity contribution in [3.63, 3.8) is 0 Å². The highest BCUT2D eigenvalue weighted by Crippen LogP contribution is 2.40. The van der Waals surface area contributed by atoms with Crippen LogP contribution in [0.3, 0.4) is 0 Å². The maximum absolute atomic E-state index is 14.4. The summed E-state index contributed by atoms with van der Waals surface area (Å²) in [5.41, 5.74) is 6.50. The summed E-state index contributed by atoms with van der Waals surface area (Å²) >= 11 is 0. The van der Waals surface area contributed by atoms with Crippen molar-refractivity contribution in [2.75, 3.05) is 66.8 Å². The van der Waals surface area contributed by atoms with Gasteiger partial charge in [0.1, 0.15) is 37.7 Å². The number of fused-ring (bicyclic) bond motifs is 2. The third kappa shape index (κ3) is 16.5. The van der Waals surface area contributed by atoms with Crippen LogP contribution in [0, 0.1) is 11.8 Å². The Kier molecular flexibility index (Phi) is 19.2. The molecule has 1 aliphatic heterocycles. The van der Waals surface area contributed by atoms with E-state index in [-0.39, 0.29) is 43.7 Å². The van der Waals surface area contributed by atoms with Crippen molar-refractivity contribution in [2.45, 2.75) is 95.5 Å². The summed E-state index contributed by atoms with van der Waals surface area (Å²) in [6.07, 6.45) is 3.32. The molecule has 17 nitrogen and oxygen atoms in total. The topological polar surface area (TPSA) is 221 Å². The van der Waals surface area contributed by atoms with Crippen LogP contribution >= 0.6 is 0 Å². The highest BCUT2D eigenvalue weighted by atomic mass is 16.6. The van der Waals surface area contributed by atoms with E-state index >= 15 is 0 Å². The highest BCUT2D eigenvalue weighted by Gasteiger charge is 2.45. The van der Waals surface area contributed by atoms with Gasteiger partial charge in [0.05, 0.1) is 37.2 Å². The van der Waals surface area contributed by atoms with Gasteiger partial charge >= 0.3 is 11.9 Å². The average Bonchev–Trinajstić information content (AvgIpc) is 3.26. The number of aromatic nitrogens is 1. The van der Waals surface area contributed by atoms with Crippen LogP contribution in [0.2, 0.25) is 0 Å². The molecule has 3 aromatic rings. The van der Waals surface area contributed by atoms with Gasteiger partial charge in [0.2, 0.25) is 17.7 Å². The van der Waals surface area contributed by atoms with Crippen LogP contribution in [0.5, 0.6) is 0 Å². The monoisotopic (exact) mass is 901 g/mol. The van der Waals surface area contributed by atoms with E-state index in [4.69, 9.17) is 24.7 Å². The molecule has 0 radical (unpaired) electrons. The number of piperidine rings is 1. The van der Waals surface area contributed by atoms with Crippen molar-refractivity contribution >= 4 is 46.5 Å². The van der Waals surface area contributed by atoms with Crippen molar-refractivity contribution in [2.24, 2.45) is 17.6 Å². The van der Waals surface area contributed by atoms with Crippen LogP contribution in [0.4, 0.5) is 0 Å². The smallest absolute Gasteiger partial charge is 0.332 e. The van der Waals surface area contributed by atoms with Crippen LogP contribution in [-0.4, -0.2) is 147 Å². The Bertz CT molecular complexity index is 2060. The number of ether oxygens (including phenoxy) is 4. The average molecular weight is 902 g/mol. The van der Waals surface area contributed by atoms with E-state index in [0.717, 1.165) is 43.1 Å². The summed E-state index contributed by atoms with van der Waals surface area (Å²) in [4.78, 5) is 89.4. The lowest BCUT2D eigenvalue weighted by molar-refractivity contribution is -0.162. The lowest BCUT2D eigenvalue weighted by atomic mass is 9.70. The van der Waals surface area contributed by atoms with Crippen LogP contribution in [0.25, 0.3) is 10.9 Å². The number of likely N-dealkylation sites (N-methyl/N-ethyl adjacent to an activating group) is 1. The van der Waals surface area contributed by atoms with Crippen LogP contribution < -0.4 is 21.7 Å². The molecule has 2 aliphatic rings. The molecule has 0 bridgehead atoms. The molecule has 65 heavy (non-hydrogen) atoms. The largest absolute Gasteiger partial charge is 0.462 e. The van der Waals surface area contributed by atoms with Gasteiger partial charge in [0.25, 0.3) is 5.91 Å². The Hall–Kier alpha value is -5.49. The number of esters is 2. The molecule has 2 aromatic carbocycles. The zero-order valence-corrected chi connectivity index (χ0v) is 38.4. The number of hydrogen-bond acceptors (Lipinski definition) is 13. The van der Waals surface area contributed by atoms with Gasteiger partial charge in [-0.2, -0.15) is 0 Å². The minimum absolute atomic E-state index is 0.0145. The van der Waals surface area contributed by atoms with Gasteiger partial charge in [-0.1, -0.05) is 73.9 Å². The van der Waals surface area contributed by atoms with Gasteiger partial charge in [-0.3, -0.25) is 24.1 Å². The minimum atomic E-state index is -1.43. The molecule has 1 saturated carbocycles. The van der Waals surface area contributed by atoms with Gasteiger partial charge in [0.15, 0.2) is 0 Å². The van der Waals surface area contributed by atoms with E-state index in [9.17, 15) is 28.8 Å². The summed E-state index contributed by atoms with van der Waals surface area (Å²) in [5, 5.41) is 9.64. The molecular weight excluding hydrogens is 835 g/mol. The second kappa shape index (κ2) is 24.7. The predicted octanol–water partition coefficient (Wildman–Crippen LogP) is 2.78. The second-order valence-corrected chi connectivity index (χ2v) is 18.2. The number of para-hydroxylation sites is 1. The number of hydrogen-bond donors (Lipinski definition) is 4. The van der Waals surface area contributed by atoms with Crippen LogP contribution in [0.1, 0.15) is 75.3 Å². The highest BCUT2D eigenvalue weighted by molar-refractivity contribution is 5.99. The molecule has 5 N–H and O–H groups in total. The standard InChI is InChI=1S/C48H67N7O10/c1-48(2,3)53-47(61)44-35-17-11-9-15-33(35)21-22-55(44)29-40(65-43(58)31-63-30-42(57)64-26-25-62-24-23-54(4)5)38(27-32-13-7-6-8-14-32)51-46(60)39(28-41(49)56)52-45(59)37-20-19-34-16-10-12-18-36(34)50-37/h6-8,10,12-14,16,18-20,33,35,38-40,44H,9,11,15,17,21-31H2,1-5H3,(H2,49,56)(H,51,60)(H,52,59)(H,53,61)/t33-,35-,38+,39+,40-,44+/m1/s1. The van der Waals surface area contributed by atoms with Gasteiger partial charge in [-0.25, -0.2) is 14.6 Å². The fraction of sp³-hybridized carbons (Fsp3) is 0.562. The third-order valence-electron chi connectivity index (χ3n) is 11.6. The van der Waals surface area contributed by atoms with Crippen LogP contribution in [0.15, 0.2) is 66.7 Å². The predicted molar refractivity (Wildman–Crippen MR) is 243 cm³/mol. The number of nitrogens with one attached hydrogen (secondary N) is 3.